The van der Waals surface area contributed by atoms with E-state index in [4.69, 9.17) is 0 Å². The van der Waals surface area contributed by atoms with Crippen molar-refractivity contribution < 1.29 is 19.5 Å². The number of nitrogens with zero attached hydrogens (tertiary/aromatic N) is 4. The number of nitro groups is 1. The van der Waals surface area contributed by atoms with Crippen molar-refractivity contribution in [3.63, 3.8) is 0 Å². The van der Waals surface area contributed by atoms with Gasteiger partial charge in [0.25, 0.3) is 5.69 Å². The standard InChI is InChI=1S/C22H16N4O4/c27-21(16-6-2-1-3-7-16)14-24-19-8-4-5-9-20(19)25(23-24)15-22(28)17-10-12-18(13-11-17)26(29)30/h1-14H,15H2/p+1. The number of carbonyl (C=O) groups is 1. The number of non-ortho nitro benzene ring substituents is 1. The number of aromatic nitrogens is 3. The van der Waals surface area contributed by atoms with E-state index < -0.39 is 4.92 Å². The van der Waals surface area contributed by atoms with Crippen LogP contribution in [0.2, 0.25) is 0 Å². The van der Waals surface area contributed by atoms with Crippen LogP contribution in [0.1, 0.15) is 15.9 Å². The summed E-state index contributed by atoms with van der Waals surface area (Å²) in [6.45, 7) is -0.0503. The predicted octanol–water partition coefficient (Wildman–Crippen LogP) is 3.63. The molecule has 0 saturated heterocycles. The topological polar surface area (TPSA) is 102 Å². The Morgan fingerprint density at radius 3 is 2.37 bits per heavy atom. The second-order valence-electron chi connectivity index (χ2n) is 6.59. The second-order valence-corrected chi connectivity index (χ2v) is 6.59. The molecule has 0 radical (unpaired) electrons. The first kappa shape index (κ1) is 19.0. The summed E-state index contributed by atoms with van der Waals surface area (Å²) in [6, 6.07) is 21.9. The first-order valence-electron chi connectivity index (χ1n) is 9.14. The van der Waals surface area contributed by atoms with Crippen molar-refractivity contribution >= 4 is 34.5 Å². The number of aliphatic hydroxyl groups is 1. The van der Waals surface area contributed by atoms with Gasteiger partial charge in [0.1, 0.15) is 0 Å². The molecule has 0 fully saturated rings. The van der Waals surface area contributed by atoms with Crippen LogP contribution in [-0.4, -0.2) is 25.7 Å². The van der Waals surface area contributed by atoms with Gasteiger partial charge < -0.3 is 5.11 Å². The molecule has 0 unspecified atom stereocenters. The van der Waals surface area contributed by atoms with Crippen LogP contribution >= 0.6 is 0 Å². The predicted molar refractivity (Wildman–Crippen MR) is 111 cm³/mol. The molecule has 1 heterocycles. The van der Waals surface area contributed by atoms with Crippen LogP contribution in [0.25, 0.3) is 23.0 Å². The molecule has 8 heteroatoms. The van der Waals surface area contributed by atoms with Gasteiger partial charge in [0, 0.05) is 23.3 Å². The highest BCUT2D eigenvalue weighted by Gasteiger charge is 2.21. The third-order valence-corrected chi connectivity index (χ3v) is 4.62. The summed E-state index contributed by atoms with van der Waals surface area (Å²) >= 11 is 0. The number of carbonyl (C=O) groups excluding carboxylic acids is 1. The SMILES string of the molecule is O=C(C[n+]1nn(/C=C(\O)c2ccccc2)c2ccccc21)c1ccc([N+](=O)[O-])cc1. The molecule has 148 valence electrons. The summed E-state index contributed by atoms with van der Waals surface area (Å²) < 4.78 is 3.05. The number of rotatable bonds is 6. The largest absolute Gasteiger partial charge is 0.504 e. The van der Waals surface area contributed by atoms with Gasteiger partial charge in [-0.05, 0) is 24.3 Å². The first-order valence-corrected chi connectivity index (χ1v) is 9.14. The normalized spacial score (nSPS) is 11.5. The number of hydrogen-bond donors (Lipinski definition) is 1. The molecule has 0 aliphatic rings. The van der Waals surface area contributed by atoms with Crippen molar-refractivity contribution in [1.29, 1.82) is 0 Å². The number of benzene rings is 3. The first-order chi connectivity index (χ1) is 14.5. The zero-order valence-corrected chi connectivity index (χ0v) is 15.8. The molecule has 4 aromatic rings. The van der Waals surface area contributed by atoms with E-state index in [1.807, 2.05) is 42.5 Å². The fraction of sp³-hybridized carbons (Fsp3) is 0.0455. The van der Waals surface area contributed by atoms with Crippen LogP contribution in [-0.2, 0) is 6.54 Å². The second kappa shape index (κ2) is 7.96. The Hall–Kier alpha value is -4.33. The van der Waals surface area contributed by atoms with Gasteiger partial charge in [-0.25, -0.2) is 0 Å². The quantitative estimate of drug-likeness (QED) is 0.175. The van der Waals surface area contributed by atoms with E-state index in [-0.39, 0.29) is 23.8 Å². The molecular weight excluding hydrogens is 384 g/mol. The Morgan fingerprint density at radius 2 is 1.67 bits per heavy atom. The average molecular weight is 401 g/mol. The van der Waals surface area contributed by atoms with Crippen molar-refractivity contribution in [3.05, 3.63) is 100 Å². The summed E-state index contributed by atoms with van der Waals surface area (Å²) in [6.07, 6.45) is 1.49. The number of para-hydroxylation sites is 2. The molecule has 0 aliphatic carbocycles. The third kappa shape index (κ3) is 3.79. The molecule has 30 heavy (non-hydrogen) atoms. The molecule has 4 rings (SSSR count). The molecule has 0 atom stereocenters. The lowest BCUT2D eigenvalue weighted by Crippen LogP contribution is -2.40. The molecule has 1 aromatic heterocycles. The summed E-state index contributed by atoms with van der Waals surface area (Å²) in [7, 11) is 0. The Morgan fingerprint density at radius 1 is 1.00 bits per heavy atom. The number of Topliss-reactive ketones (excluding diaryl/α,β-unsaturated/α-hetero) is 1. The van der Waals surface area contributed by atoms with Crippen LogP contribution in [0.5, 0.6) is 0 Å². The van der Waals surface area contributed by atoms with Crippen molar-refractivity contribution in [3.8, 4) is 0 Å². The van der Waals surface area contributed by atoms with Crippen molar-refractivity contribution in [2.24, 2.45) is 0 Å². The lowest BCUT2D eigenvalue weighted by atomic mass is 10.1. The van der Waals surface area contributed by atoms with Gasteiger partial charge in [-0.1, -0.05) is 47.1 Å². The Balaban J connectivity index is 1.67. The van der Waals surface area contributed by atoms with E-state index in [2.05, 4.69) is 5.21 Å². The van der Waals surface area contributed by atoms with E-state index in [1.54, 1.807) is 12.1 Å². The Bertz CT molecular complexity index is 1260. The highest BCUT2D eigenvalue weighted by Crippen LogP contribution is 2.16. The number of aliphatic hydroxyl groups excluding tert-OH is 1. The molecule has 0 amide bonds. The van der Waals surface area contributed by atoms with Gasteiger partial charge in [-0.3, -0.25) is 14.9 Å². The molecule has 0 spiro atoms. The maximum absolute atomic E-state index is 12.7. The van der Waals surface area contributed by atoms with Crippen LogP contribution in [0.15, 0.2) is 78.9 Å². The molecule has 8 nitrogen and oxygen atoms in total. The van der Waals surface area contributed by atoms with Crippen LogP contribution in [0, 0.1) is 10.1 Å². The van der Waals surface area contributed by atoms with E-state index in [0.717, 1.165) is 5.52 Å². The van der Waals surface area contributed by atoms with Crippen LogP contribution < -0.4 is 4.68 Å². The zero-order chi connectivity index (χ0) is 21.1. The fourth-order valence-corrected chi connectivity index (χ4v) is 3.10. The minimum Gasteiger partial charge on any atom is -0.504 e. The van der Waals surface area contributed by atoms with Gasteiger partial charge in [0.15, 0.2) is 24.0 Å². The number of fused-ring (bicyclic) bond motifs is 1. The van der Waals surface area contributed by atoms with E-state index in [1.165, 1.54) is 39.8 Å². The van der Waals surface area contributed by atoms with E-state index in [9.17, 15) is 20.0 Å². The Kier molecular flexibility index (Phi) is 5.04. The van der Waals surface area contributed by atoms with Crippen molar-refractivity contribution in [2.75, 3.05) is 0 Å². The number of hydrogen-bond acceptors (Lipinski definition) is 5. The maximum Gasteiger partial charge on any atom is 0.269 e. The van der Waals surface area contributed by atoms with Gasteiger partial charge in [0.05, 0.1) is 10.1 Å². The Labute approximate surface area is 171 Å². The van der Waals surface area contributed by atoms with Gasteiger partial charge in [-0.15, -0.1) is 4.68 Å². The van der Waals surface area contributed by atoms with Crippen molar-refractivity contribution in [1.82, 2.24) is 9.90 Å². The molecule has 0 bridgehead atoms. The minimum absolute atomic E-state index is 0.0395. The van der Waals surface area contributed by atoms with Gasteiger partial charge >= 0.3 is 0 Å². The van der Waals surface area contributed by atoms with Gasteiger partial charge in [-0.2, -0.15) is 0 Å². The highest BCUT2D eigenvalue weighted by atomic mass is 16.6. The monoisotopic (exact) mass is 401 g/mol. The molecule has 3 aromatic carbocycles. The lowest BCUT2D eigenvalue weighted by Gasteiger charge is -1.98. The minimum atomic E-state index is -0.510. The average Bonchev–Trinajstić information content (AvgIpc) is 3.11. The summed E-state index contributed by atoms with van der Waals surface area (Å²) in [5, 5.41) is 25.7. The molecule has 0 saturated carbocycles. The fourth-order valence-electron chi connectivity index (χ4n) is 3.10. The summed E-state index contributed by atoms with van der Waals surface area (Å²) in [5.74, 6) is -0.195. The van der Waals surface area contributed by atoms with E-state index >= 15 is 0 Å². The van der Waals surface area contributed by atoms with Gasteiger partial charge in [0.2, 0.25) is 11.3 Å². The lowest BCUT2D eigenvalue weighted by molar-refractivity contribution is -0.719. The number of nitro benzene ring substituents is 1. The maximum atomic E-state index is 12.7. The van der Waals surface area contributed by atoms with Crippen LogP contribution in [0.3, 0.4) is 0 Å². The summed E-state index contributed by atoms with van der Waals surface area (Å²) in [5.41, 5.74) is 2.36. The number of ketones is 1. The highest BCUT2D eigenvalue weighted by molar-refractivity contribution is 5.95. The van der Waals surface area contributed by atoms with Crippen LogP contribution in [0.4, 0.5) is 5.69 Å². The smallest absolute Gasteiger partial charge is 0.269 e. The summed E-state index contributed by atoms with van der Waals surface area (Å²) in [4.78, 5) is 23.0. The zero-order valence-electron chi connectivity index (χ0n) is 15.8. The molecular formula is C22H17N4O4+. The third-order valence-electron chi connectivity index (χ3n) is 4.62. The molecule has 1 N–H and O–H groups in total. The van der Waals surface area contributed by atoms with Crippen molar-refractivity contribution in [2.45, 2.75) is 6.54 Å². The molecule has 0 aliphatic heterocycles. The van der Waals surface area contributed by atoms with E-state index in [0.29, 0.717) is 16.6 Å².